The fourth-order valence-electron chi connectivity index (χ4n) is 2.34. The van der Waals surface area contributed by atoms with Gasteiger partial charge in [-0.1, -0.05) is 0 Å². The van der Waals surface area contributed by atoms with Crippen molar-refractivity contribution in [2.75, 3.05) is 12.4 Å². The number of hydrogen-bond acceptors (Lipinski definition) is 7. The van der Waals surface area contributed by atoms with E-state index in [1.54, 1.807) is 19.2 Å². The number of rotatable bonds is 3. The van der Waals surface area contributed by atoms with Crippen LogP contribution in [0.1, 0.15) is 17.4 Å². The van der Waals surface area contributed by atoms with Gasteiger partial charge in [0.05, 0.1) is 19.0 Å². The van der Waals surface area contributed by atoms with E-state index in [0.29, 0.717) is 11.4 Å². The van der Waals surface area contributed by atoms with Crippen LogP contribution in [0.4, 0.5) is 5.82 Å². The fraction of sp³-hybridized carbons (Fsp3) is 0.200. The van der Waals surface area contributed by atoms with Gasteiger partial charge in [-0.15, -0.1) is 0 Å². The maximum absolute atomic E-state index is 12.3. The van der Waals surface area contributed by atoms with Crippen LogP contribution >= 0.6 is 0 Å². The lowest BCUT2D eigenvalue weighted by molar-refractivity contribution is -0.120. The Morgan fingerprint density at radius 3 is 2.62 bits per heavy atom. The quantitative estimate of drug-likeness (QED) is 0.584. The van der Waals surface area contributed by atoms with Crippen LogP contribution < -0.4 is 26.4 Å². The number of nitrogens with one attached hydrogen (secondary N) is 3. The predicted octanol–water partition coefficient (Wildman–Crippen LogP) is 0.0136. The molecule has 3 rings (SSSR count). The van der Waals surface area contributed by atoms with Crippen molar-refractivity contribution in [2.45, 2.75) is 12.8 Å². The number of ether oxygens (including phenoxy) is 1. The molecular formula is C15H16N6O3. The Labute approximate surface area is 137 Å². The van der Waals surface area contributed by atoms with E-state index in [0.717, 1.165) is 5.56 Å². The molecule has 0 spiro atoms. The Bertz CT molecular complexity index is 807. The maximum Gasteiger partial charge on any atom is 0.278 e. The molecule has 0 aliphatic carbocycles. The lowest BCUT2D eigenvalue weighted by Gasteiger charge is -2.35. The molecule has 1 aliphatic heterocycles. The first kappa shape index (κ1) is 15.7. The highest BCUT2D eigenvalue weighted by molar-refractivity contribution is 6.00. The van der Waals surface area contributed by atoms with Gasteiger partial charge in [-0.3, -0.25) is 20.6 Å². The van der Waals surface area contributed by atoms with Crippen molar-refractivity contribution in [2.24, 2.45) is 5.73 Å². The standard InChI is InChI=1S/C15H16N6O3/c1-8(22)19-15(16)20-13-12(14(23)21-15)18-11(7-17-13)9-3-5-10(24-2)6-4-9/h3-7H,16H2,1-2H3,(H,17,20)(H,19,22)(H,21,23). The van der Waals surface area contributed by atoms with Gasteiger partial charge in [0.2, 0.25) is 11.8 Å². The van der Waals surface area contributed by atoms with Crippen molar-refractivity contribution in [3.63, 3.8) is 0 Å². The number of nitrogens with two attached hydrogens (primary N) is 1. The summed E-state index contributed by atoms with van der Waals surface area (Å²) in [4.78, 5) is 32.0. The number of amides is 2. The van der Waals surface area contributed by atoms with Crippen molar-refractivity contribution in [3.8, 4) is 17.0 Å². The lowest BCUT2D eigenvalue weighted by Crippen LogP contribution is -2.73. The topological polar surface area (TPSA) is 131 Å². The van der Waals surface area contributed by atoms with E-state index in [4.69, 9.17) is 10.5 Å². The summed E-state index contributed by atoms with van der Waals surface area (Å²) in [6, 6.07) is 7.20. The summed E-state index contributed by atoms with van der Waals surface area (Å²) in [5.74, 6) is -1.65. The molecule has 1 unspecified atom stereocenters. The number of hydrogen-bond donors (Lipinski definition) is 4. The Kier molecular flexibility index (Phi) is 3.78. The summed E-state index contributed by atoms with van der Waals surface area (Å²) in [6.07, 6.45) is 1.51. The number of carbonyl (C=O) groups is 2. The normalized spacial score (nSPS) is 18.9. The molecule has 5 N–H and O–H groups in total. The van der Waals surface area contributed by atoms with Crippen LogP contribution in [-0.4, -0.2) is 34.8 Å². The van der Waals surface area contributed by atoms with Gasteiger partial charge >= 0.3 is 0 Å². The van der Waals surface area contributed by atoms with Gasteiger partial charge in [-0.25, -0.2) is 9.97 Å². The first-order chi connectivity index (χ1) is 11.4. The van der Waals surface area contributed by atoms with Gasteiger partial charge in [0.15, 0.2) is 11.5 Å². The van der Waals surface area contributed by atoms with Gasteiger partial charge in [0, 0.05) is 12.5 Å². The molecule has 24 heavy (non-hydrogen) atoms. The number of carbonyl (C=O) groups excluding carboxylic acids is 2. The molecule has 0 radical (unpaired) electrons. The molecule has 1 aliphatic rings. The highest BCUT2D eigenvalue weighted by Crippen LogP contribution is 2.24. The largest absolute Gasteiger partial charge is 0.497 e. The predicted molar refractivity (Wildman–Crippen MR) is 85.8 cm³/mol. The zero-order valence-corrected chi connectivity index (χ0v) is 13.1. The van der Waals surface area contributed by atoms with Crippen LogP contribution in [0.15, 0.2) is 30.5 Å². The summed E-state index contributed by atoms with van der Waals surface area (Å²) in [6.45, 7) is 1.29. The number of methoxy groups -OCH3 is 1. The highest BCUT2D eigenvalue weighted by atomic mass is 16.5. The minimum absolute atomic E-state index is 0.0924. The second-order valence-corrected chi connectivity index (χ2v) is 5.25. The molecule has 0 fully saturated rings. The Morgan fingerprint density at radius 2 is 2.00 bits per heavy atom. The van der Waals surface area contributed by atoms with Crippen molar-refractivity contribution in [1.82, 2.24) is 20.6 Å². The van der Waals surface area contributed by atoms with Crippen molar-refractivity contribution in [3.05, 3.63) is 36.2 Å². The summed E-state index contributed by atoms with van der Waals surface area (Å²) in [5, 5.41) is 7.61. The van der Waals surface area contributed by atoms with Crippen LogP contribution in [0.25, 0.3) is 11.3 Å². The molecule has 0 bridgehead atoms. The Morgan fingerprint density at radius 1 is 1.29 bits per heavy atom. The molecular weight excluding hydrogens is 312 g/mol. The van der Waals surface area contributed by atoms with Crippen molar-refractivity contribution < 1.29 is 14.3 Å². The Hall–Kier alpha value is -3.20. The van der Waals surface area contributed by atoms with Crippen molar-refractivity contribution in [1.29, 1.82) is 0 Å². The van der Waals surface area contributed by atoms with Gasteiger partial charge < -0.3 is 15.4 Å². The third-order valence-electron chi connectivity index (χ3n) is 3.37. The first-order valence-corrected chi connectivity index (χ1v) is 7.10. The third kappa shape index (κ3) is 2.97. The molecule has 1 aromatic carbocycles. The smallest absolute Gasteiger partial charge is 0.278 e. The number of anilines is 1. The van der Waals surface area contributed by atoms with Gasteiger partial charge in [0.1, 0.15) is 5.75 Å². The molecule has 124 valence electrons. The summed E-state index contributed by atoms with van der Waals surface area (Å²) in [7, 11) is 1.58. The summed E-state index contributed by atoms with van der Waals surface area (Å²) >= 11 is 0. The zero-order chi connectivity index (χ0) is 17.3. The SMILES string of the molecule is COc1ccc(-c2cnc3c(n2)C(=O)NC(N)(NC(C)=O)N3)cc1. The van der Waals surface area contributed by atoms with Crippen LogP contribution in [0.3, 0.4) is 0 Å². The van der Waals surface area contributed by atoms with Gasteiger partial charge in [-0.05, 0) is 24.3 Å². The van der Waals surface area contributed by atoms with Crippen LogP contribution in [0.5, 0.6) is 5.75 Å². The minimum atomic E-state index is -1.60. The van der Waals surface area contributed by atoms with Crippen molar-refractivity contribution >= 4 is 17.6 Å². The van der Waals surface area contributed by atoms with Gasteiger partial charge in [0.25, 0.3) is 5.91 Å². The molecule has 9 heteroatoms. The number of benzene rings is 1. The zero-order valence-electron chi connectivity index (χ0n) is 13.1. The fourth-order valence-corrected chi connectivity index (χ4v) is 2.34. The maximum atomic E-state index is 12.3. The molecule has 1 aromatic heterocycles. The molecule has 2 heterocycles. The number of aromatic nitrogens is 2. The van der Waals surface area contributed by atoms with E-state index >= 15 is 0 Å². The van der Waals surface area contributed by atoms with Crippen LogP contribution in [0, 0.1) is 0 Å². The summed E-state index contributed by atoms with van der Waals surface area (Å²) < 4.78 is 5.11. The lowest BCUT2D eigenvalue weighted by atomic mass is 10.1. The molecule has 0 saturated heterocycles. The summed E-state index contributed by atoms with van der Waals surface area (Å²) in [5.41, 5.74) is 7.29. The molecule has 1 atom stereocenters. The van der Waals surface area contributed by atoms with E-state index in [1.807, 2.05) is 12.1 Å². The van der Waals surface area contributed by atoms with E-state index in [9.17, 15) is 9.59 Å². The minimum Gasteiger partial charge on any atom is -0.497 e. The van der Waals surface area contributed by atoms with E-state index < -0.39 is 17.7 Å². The average Bonchev–Trinajstić information content (AvgIpc) is 2.53. The monoisotopic (exact) mass is 328 g/mol. The van der Waals surface area contributed by atoms with Gasteiger partial charge in [-0.2, -0.15) is 0 Å². The van der Waals surface area contributed by atoms with E-state index in [1.165, 1.54) is 13.1 Å². The molecule has 0 saturated carbocycles. The third-order valence-corrected chi connectivity index (χ3v) is 3.37. The molecule has 9 nitrogen and oxygen atoms in total. The number of nitrogens with zero attached hydrogens (tertiary/aromatic N) is 2. The first-order valence-electron chi connectivity index (χ1n) is 7.10. The highest BCUT2D eigenvalue weighted by Gasteiger charge is 2.36. The second kappa shape index (κ2) is 5.78. The number of fused-ring (bicyclic) bond motifs is 1. The molecule has 2 amide bonds. The second-order valence-electron chi connectivity index (χ2n) is 5.25. The van der Waals surface area contributed by atoms with Crippen LogP contribution in [0.2, 0.25) is 0 Å². The van der Waals surface area contributed by atoms with Crippen LogP contribution in [-0.2, 0) is 4.79 Å². The van der Waals surface area contributed by atoms with E-state index in [-0.39, 0.29) is 11.5 Å². The molecule has 2 aromatic rings. The van der Waals surface area contributed by atoms with E-state index in [2.05, 4.69) is 25.9 Å². The Balaban J connectivity index is 1.93. The average molecular weight is 328 g/mol.